The lowest BCUT2D eigenvalue weighted by Gasteiger charge is -2.13. The highest BCUT2D eigenvalue weighted by atomic mass is 16.3. The van der Waals surface area contributed by atoms with Gasteiger partial charge < -0.3 is 5.11 Å². The summed E-state index contributed by atoms with van der Waals surface area (Å²) in [6.07, 6.45) is 5.84. The predicted octanol–water partition coefficient (Wildman–Crippen LogP) is 1.23. The zero-order valence-electron chi connectivity index (χ0n) is 6.07. The van der Waals surface area contributed by atoms with Gasteiger partial charge >= 0.3 is 0 Å². The number of nitrogens with zero attached hydrogens (tertiary/aromatic N) is 1. The van der Waals surface area contributed by atoms with Gasteiger partial charge in [0, 0.05) is 6.20 Å². The highest BCUT2D eigenvalue weighted by Crippen LogP contribution is 2.21. The van der Waals surface area contributed by atoms with Gasteiger partial charge in [-0.1, -0.05) is 18.2 Å². The SMILES string of the molecule is OC1C=CCc2cccnc21. The van der Waals surface area contributed by atoms with Crippen LogP contribution in [0, 0.1) is 0 Å². The van der Waals surface area contributed by atoms with Crippen molar-refractivity contribution in [2.75, 3.05) is 0 Å². The van der Waals surface area contributed by atoms with Gasteiger partial charge in [0.15, 0.2) is 0 Å². The minimum atomic E-state index is -0.500. The summed E-state index contributed by atoms with van der Waals surface area (Å²) in [5.41, 5.74) is 1.93. The molecule has 0 radical (unpaired) electrons. The van der Waals surface area contributed by atoms with E-state index in [4.69, 9.17) is 0 Å². The van der Waals surface area contributed by atoms with E-state index in [1.165, 1.54) is 0 Å². The average Bonchev–Trinajstić information content (AvgIpc) is 2.06. The molecule has 0 aromatic carbocycles. The Labute approximate surface area is 65.2 Å². The largest absolute Gasteiger partial charge is 0.383 e. The smallest absolute Gasteiger partial charge is 0.114 e. The van der Waals surface area contributed by atoms with Gasteiger partial charge in [-0.25, -0.2) is 0 Å². The lowest BCUT2D eigenvalue weighted by molar-refractivity contribution is 0.220. The Hall–Kier alpha value is -1.15. The highest BCUT2D eigenvalue weighted by molar-refractivity contribution is 5.30. The van der Waals surface area contributed by atoms with E-state index < -0.39 is 6.10 Å². The molecule has 0 fully saturated rings. The van der Waals surface area contributed by atoms with Crippen molar-refractivity contribution in [2.45, 2.75) is 12.5 Å². The Morgan fingerprint density at radius 3 is 3.27 bits per heavy atom. The Bertz CT molecular complexity index is 293. The van der Waals surface area contributed by atoms with Crippen LogP contribution < -0.4 is 0 Å². The number of hydrogen-bond donors (Lipinski definition) is 1. The Morgan fingerprint density at radius 2 is 2.45 bits per heavy atom. The van der Waals surface area contributed by atoms with Gasteiger partial charge in [-0.2, -0.15) is 0 Å². The van der Waals surface area contributed by atoms with Gasteiger partial charge in [0.05, 0.1) is 5.69 Å². The maximum absolute atomic E-state index is 9.41. The van der Waals surface area contributed by atoms with E-state index in [0.717, 1.165) is 17.7 Å². The lowest BCUT2D eigenvalue weighted by Crippen LogP contribution is -2.05. The molecule has 0 spiro atoms. The number of aliphatic hydroxyl groups excluding tert-OH is 1. The summed E-state index contributed by atoms with van der Waals surface area (Å²) < 4.78 is 0. The summed E-state index contributed by atoms with van der Waals surface area (Å²) in [6.45, 7) is 0. The van der Waals surface area contributed by atoms with Crippen molar-refractivity contribution in [3.63, 3.8) is 0 Å². The zero-order valence-corrected chi connectivity index (χ0v) is 6.07. The van der Waals surface area contributed by atoms with Crippen LogP contribution in [-0.2, 0) is 6.42 Å². The second-order valence-corrected chi connectivity index (χ2v) is 2.62. The quantitative estimate of drug-likeness (QED) is 0.560. The Balaban J connectivity index is 2.50. The lowest BCUT2D eigenvalue weighted by atomic mass is 10.0. The van der Waals surface area contributed by atoms with Crippen molar-refractivity contribution in [3.8, 4) is 0 Å². The molecule has 56 valence electrons. The first kappa shape index (κ1) is 6.55. The maximum atomic E-state index is 9.41. The molecule has 1 aromatic rings. The Kier molecular flexibility index (Phi) is 1.47. The van der Waals surface area contributed by atoms with Crippen LogP contribution in [0.4, 0.5) is 0 Å². The van der Waals surface area contributed by atoms with Crippen molar-refractivity contribution >= 4 is 0 Å². The molecule has 1 heterocycles. The maximum Gasteiger partial charge on any atom is 0.114 e. The predicted molar refractivity (Wildman–Crippen MR) is 42.0 cm³/mol. The first-order valence-electron chi connectivity index (χ1n) is 3.66. The molecule has 1 aromatic heterocycles. The first-order valence-corrected chi connectivity index (χ1v) is 3.66. The average molecular weight is 147 g/mol. The number of aliphatic hydroxyl groups is 1. The molecular weight excluding hydrogens is 138 g/mol. The van der Waals surface area contributed by atoms with Crippen molar-refractivity contribution in [3.05, 3.63) is 41.7 Å². The normalized spacial score (nSPS) is 21.4. The van der Waals surface area contributed by atoms with Crippen LogP contribution >= 0.6 is 0 Å². The molecular formula is C9H9NO. The molecule has 0 amide bonds. The second kappa shape index (κ2) is 2.47. The van der Waals surface area contributed by atoms with Gasteiger partial charge in [-0.15, -0.1) is 0 Å². The van der Waals surface area contributed by atoms with Gasteiger partial charge in [0.2, 0.25) is 0 Å². The monoisotopic (exact) mass is 147 g/mol. The van der Waals surface area contributed by atoms with E-state index >= 15 is 0 Å². The van der Waals surface area contributed by atoms with Crippen LogP contribution in [0.15, 0.2) is 30.5 Å². The molecule has 2 heteroatoms. The van der Waals surface area contributed by atoms with Crippen LogP contribution in [-0.4, -0.2) is 10.1 Å². The van der Waals surface area contributed by atoms with Crippen molar-refractivity contribution in [1.82, 2.24) is 4.98 Å². The molecule has 1 atom stereocenters. The summed E-state index contributed by atoms with van der Waals surface area (Å²) in [7, 11) is 0. The van der Waals surface area contributed by atoms with E-state index in [9.17, 15) is 5.11 Å². The number of hydrogen-bond acceptors (Lipinski definition) is 2. The molecule has 1 N–H and O–H groups in total. The number of allylic oxidation sites excluding steroid dienone is 1. The molecule has 0 saturated heterocycles. The highest BCUT2D eigenvalue weighted by Gasteiger charge is 2.12. The molecule has 1 unspecified atom stereocenters. The van der Waals surface area contributed by atoms with Crippen molar-refractivity contribution in [1.29, 1.82) is 0 Å². The van der Waals surface area contributed by atoms with Gasteiger partial charge in [-0.3, -0.25) is 4.98 Å². The minimum absolute atomic E-state index is 0.500. The summed E-state index contributed by atoms with van der Waals surface area (Å²) in [5.74, 6) is 0. The number of pyridine rings is 1. The van der Waals surface area contributed by atoms with E-state index in [-0.39, 0.29) is 0 Å². The second-order valence-electron chi connectivity index (χ2n) is 2.62. The van der Waals surface area contributed by atoms with Crippen LogP contribution in [0.2, 0.25) is 0 Å². The third-order valence-electron chi connectivity index (χ3n) is 1.86. The summed E-state index contributed by atoms with van der Waals surface area (Å²) >= 11 is 0. The van der Waals surface area contributed by atoms with Crippen molar-refractivity contribution < 1.29 is 5.11 Å². The summed E-state index contributed by atoms with van der Waals surface area (Å²) in [5, 5.41) is 9.41. The molecule has 2 rings (SSSR count). The molecule has 0 bridgehead atoms. The van der Waals surface area contributed by atoms with Crippen LogP contribution in [0.5, 0.6) is 0 Å². The van der Waals surface area contributed by atoms with Gasteiger partial charge in [0.1, 0.15) is 6.10 Å². The van der Waals surface area contributed by atoms with Crippen LogP contribution in [0.1, 0.15) is 17.4 Å². The van der Waals surface area contributed by atoms with Crippen LogP contribution in [0.3, 0.4) is 0 Å². The third kappa shape index (κ3) is 1.05. The molecule has 1 aliphatic rings. The fourth-order valence-corrected chi connectivity index (χ4v) is 1.30. The van der Waals surface area contributed by atoms with E-state index in [1.807, 2.05) is 18.2 Å². The van der Waals surface area contributed by atoms with Gasteiger partial charge in [0.25, 0.3) is 0 Å². The third-order valence-corrected chi connectivity index (χ3v) is 1.86. The molecule has 0 saturated carbocycles. The summed E-state index contributed by atoms with van der Waals surface area (Å²) in [6, 6.07) is 3.89. The van der Waals surface area contributed by atoms with Gasteiger partial charge in [-0.05, 0) is 18.1 Å². The fraction of sp³-hybridized carbons (Fsp3) is 0.222. The molecule has 1 aliphatic carbocycles. The number of aromatic nitrogens is 1. The molecule has 0 aliphatic heterocycles. The molecule has 11 heavy (non-hydrogen) atoms. The topological polar surface area (TPSA) is 33.1 Å². The molecule has 2 nitrogen and oxygen atoms in total. The van der Waals surface area contributed by atoms with E-state index in [2.05, 4.69) is 4.98 Å². The standard InChI is InChI=1S/C9H9NO/c11-8-5-1-3-7-4-2-6-10-9(7)8/h1-2,4-6,8,11H,3H2. The van der Waals surface area contributed by atoms with Crippen molar-refractivity contribution in [2.24, 2.45) is 0 Å². The van der Waals surface area contributed by atoms with E-state index in [0.29, 0.717) is 0 Å². The Morgan fingerprint density at radius 1 is 1.55 bits per heavy atom. The fourth-order valence-electron chi connectivity index (χ4n) is 1.30. The number of rotatable bonds is 0. The first-order chi connectivity index (χ1) is 5.38. The van der Waals surface area contributed by atoms with Crippen LogP contribution in [0.25, 0.3) is 0 Å². The van der Waals surface area contributed by atoms with E-state index in [1.54, 1.807) is 12.3 Å². The zero-order chi connectivity index (χ0) is 7.68. The number of fused-ring (bicyclic) bond motifs is 1. The minimum Gasteiger partial charge on any atom is -0.383 e. The summed E-state index contributed by atoms with van der Waals surface area (Å²) in [4.78, 5) is 4.10.